The fourth-order valence-corrected chi connectivity index (χ4v) is 3.38. The second-order valence-electron chi connectivity index (χ2n) is 4.14. The Morgan fingerprint density at radius 3 is 2.71 bits per heavy atom. The summed E-state index contributed by atoms with van der Waals surface area (Å²) in [5, 5.41) is 14.9. The summed E-state index contributed by atoms with van der Waals surface area (Å²) in [5.41, 5.74) is 0.159. The molecule has 0 fully saturated rings. The Morgan fingerprint density at radius 2 is 2.14 bits per heavy atom. The van der Waals surface area contributed by atoms with Crippen molar-refractivity contribution in [3.8, 4) is 0 Å². The molecule has 0 spiro atoms. The molecule has 1 aromatic carbocycles. The first-order valence-electron chi connectivity index (χ1n) is 5.72. The van der Waals surface area contributed by atoms with E-state index in [0.29, 0.717) is 10.2 Å². The van der Waals surface area contributed by atoms with E-state index in [-0.39, 0.29) is 11.4 Å². The van der Waals surface area contributed by atoms with Crippen molar-refractivity contribution in [2.45, 2.75) is 11.4 Å². The Bertz CT molecular complexity index is 787. The predicted octanol–water partition coefficient (Wildman–Crippen LogP) is 1.57. The van der Waals surface area contributed by atoms with Gasteiger partial charge in [-0.15, -0.1) is 0 Å². The van der Waals surface area contributed by atoms with E-state index in [1.165, 1.54) is 23.0 Å². The van der Waals surface area contributed by atoms with Gasteiger partial charge in [0.15, 0.2) is 4.90 Å². The Labute approximate surface area is 129 Å². The second kappa shape index (κ2) is 5.92. The van der Waals surface area contributed by atoms with Crippen molar-refractivity contribution < 1.29 is 13.3 Å². The first-order chi connectivity index (χ1) is 9.81. The molecule has 1 N–H and O–H groups in total. The highest BCUT2D eigenvalue weighted by Gasteiger charge is 2.26. The molecule has 0 saturated heterocycles. The van der Waals surface area contributed by atoms with Crippen molar-refractivity contribution in [1.29, 1.82) is 0 Å². The molecule has 1 aromatic heterocycles. The first-order valence-corrected chi connectivity index (χ1v) is 7.99. The summed E-state index contributed by atoms with van der Waals surface area (Å²) in [7, 11) is -2.34. The zero-order chi connectivity index (χ0) is 15.6. The molecule has 21 heavy (non-hydrogen) atoms. The van der Waals surface area contributed by atoms with E-state index in [4.69, 9.17) is 0 Å². The van der Waals surface area contributed by atoms with Crippen LogP contribution in [0.15, 0.2) is 39.8 Å². The lowest BCUT2D eigenvalue weighted by Gasteiger charge is -2.08. The quantitative estimate of drug-likeness (QED) is 0.631. The van der Waals surface area contributed by atoms with Crippen LogP contribution in [0.4, 0.5) is 5.69 Å². The Hall–Kier alpha value is -1.78. The summed E-state index contributed by atoms with van der Waals surface area (Å²) >= 11 is 3.11. The highest BCUT2D eigenvalue weighted by molar-refractivity contribution is 9.10. The van der Waals surface area contributed by atoms with E-state index < -0.39 is 20.6 Å². The summed E-state index contributed by atoms with van der Waals surface area (Å²) in [5.74, 6) is 0. The van der Waals surface area contributed by atoms with Gasteiger partial charge in [-0.2, -0.15) is 5.10 Å². The SMILES string of the molecule is Cn1nccc1CNS(=O)(=O)c1cc(Br)ccc1[N+](=O)[O-]. The van der Waals surface area contributed by atoms with Crippen LogP contribution in [-0.4, -0.2) is 23.1 Å². The lowest BCUT2D eigenvalue weighted by atomic mass is 10.3. The van der Waals surface area contributed by atoms with E-state index in [0.717, 1.165) is 6.07 Å². The summed E-state index contributed by atoms with van der Waals surface area (Å²) in [6.07, 6.45) is 1.53. The minimum Gasteiger partial charge on any atom is -0.271 e. The van der Waals surface area contributed by atoms with E-state index in [1.807, 2.05) is 0 Å². The Balaban J connectivity index is 2.33. The highest BCUT2D eigenvalue weighted by Crippen LogP contribution is 2.27. The summed E-state index contributed by atoms with van der Waals surface area (Å²) in [6, 6.07) is 5.41. The number of nitrogens with zero attached hydrogens (tertiary/aromatic N) is 3. The number of nitrogens with one attached hydrogen (secondary N) is 1. The van der Waals surface area contributed by atoms with Gasteiger partial charge in [-0.05, 0) is 18.2 Å². The summed E-state index contributed by atoms with van der Waals surface area (Å²) < 4.78 is 28.8. The molecule has 0 aliphatic carbocycles. The number of benzene rings is 1. The third-order valence-electron chi connectivity index (χ3n) is 2.77. The molecule has 0 radical (unpaired) electrons. The molecule has 0 aliphatic heterocycles. The molecule has 0 aliphatic rings. The van der Waals surface area contributed by atoms with E-state index in [9.17, 15) is 18.5 Å². The van der Waals surface area contributed by atoms with Crippen molar-refractivity contribution >= 4 is 31.6 Å². The molecule has 112 valence electrons. The molecule has 0 bridgehead atoms. The van der Waals surface area contributed by atoms with Crippen molar-refractivity contribution in [3.63, 3.8) is 0 Å². The molecule has 1 heterocycles. The number of aromatic nitrogens is 2. The largest absolute Gasteiger partial charge is 0.289 e. The molecule has 0 unspecified atom stereocenters. The monoisotopic (exact) mass is 374 g/mol. The maximum Gasteiger partial charge on any atom is 0.289 e. The van der Waals surface area contributed by atoms with Gasteiger partial charge in [-0.3, -0.25) is 14.8 Å². The third-order valence-corrected chi connectivity index (χ3v) is 4.70. The molecule has 8 nitrogen and oxygen atoms in total. The van der Waals surface area contributed by atoms with Crippen molar-refractivity contribution in [2.75, 3.05) is 0 Å². The Kier molecular flexibility index (Phi) is 4.40. The fourth-order valence-electron chi connectivity index (χ4n) is 1.68. The number of nitro groups is 1. The number of hydrogen-bond donors (Lipinski definition) is 1. The van der Waals surface area contributed by atoms with E-state index >= 15 is 0 Å². The van der Waals surface area contributed by atoms with Gasteiger partial charge >= 0.3 is 0 Å². The normalized spacial score (nSPS) is 11.5. The average Bonchev–Trinajstić information content (AvgIpc) is 2.81. The molecule has 0 amide bonds. The number of nitro benzene ring substituents is 1. The molecule has 0 atom stereocenters. The van der Waals surface area contributed by atoms with E-state index in [1.54, 1.807) is 13.1 Å². The number of halogens is 1. The standard InChI is InChI=1S/C11H11BrN4O4S/c1-15-9(4-5-13-15)7-14-21(19,20)11-6-8(12)2-3-10(11)16(17)18/h2-6,14H,7H2,1H3. The third kappa shape index (κ3) is 3.46. The molecule has 2 rings (SSSR count). The number of rotatable bonds is 5. The van der Waals surface area contributed by atoms with Crippen molar-refractivity contribution in [2.24, 2.45) is 7.05 Å². The molecule has 0 saturated carbocycles. The summed E-state index contributed by atoms with van der Waals surface area (Å²) in [6.45, 7) is -0.0114. The van der Waals surface area contributed by atoms with Crippen LogP contribution in [0, 0.1) is 10.1 Å². The van der Waals surface area contributed by atoms with Crippen LogP contribution < -0.4 is 4.72 Å². The molecular weight excluding hydrogens is 364 g/mol. The fraction of sp³-hybridized carbons (Fsp3) is 0.182. The zero-order valence-electron chi connectivity index (χ0n) is 10.9. The van der Waals surface area contributed by atoms with Crippen LogP contribution in [-0.2, 0) is 23.6 Å². The van der Waals surface area contributed by atoms with Gasteiger partial charge in [-0.25, -0.2) is 13.1 Å². The van der Waals surface area contributed by atoms with Gasteiger partial charge in [0.05, 0.1) is 17.2 Å². The topological polar surface area (TPSA) is 107 Å². The molecular formula is C11H11BrN4O4S. The second-order valence-corrected chi connectivity index (χ2v) is 6.79. The maximum atomic E-state index is 12.3. The van der Waals surface area contributed by atoms with Gasteiger partial charge < -0.3 is 0 Å². The maximum absolute atomic E-state index is 12.3. The first kappa shape index (κ1) is 15.6. The van der Waals surface area contributed by atoms with Gasteiger partial charge in [0.1, 0.15) is 0 Å². The lowest BCUT2D eigenvalue weighted by Crippen LogP contribution is -2.25. The smallest absolute Gasteiger partial charge is 0.271 e. The number of sulfonamides is 1. The molecule has 10 heteroatoms. The lowest BCUT2D eigenvalue weighted by molar-refractivity contribution is -0.387. The molecule has 2 aromatic rings. The van der Waals surface area contributed by atoms with Gasteiger partial charge in [0.2, 0.25) is 10.0 Å². The minimum atomic E-state index is -4.01. The predicted molar refractivity (Wildman–Crippen MR) is 78.0 cm³/mol. The van der Waals surface area contributed by atoms with Crippen LogP contribution >= 0.6 is 15.9 Å². The Morgan fingerprint density at radius 1 is 1.43 bits per heavy atom. The van der Waals surface area contributed by atoms with Gasteiger partial charge in [0, 0.05) is 23.8 Å². The van der Waals surface area contributed by atoms with Crippen LogP contribution in [0.25, 0.3) is 0 Å². The van der Waals surface area contributed by atoms with Crippen molar-refractivity contribution in [1.82, 2.24) is 14.5 Å². The average molecular weight is 375 g/mol. The minimum absolute atomic E-state index is 0.0114. The van der Waals surface area contributed by atoms with Crippen molar-refractivity contribution in [3.05, 3.63) is 50.7 Å². The summed E-state index contributed by atoms with van der Waals surface area (Å²) in [4.78, 5) is 9.83. The van der Waals surface area contributed by atoms with Crippen LogP contribution in [0.3, 0.4) is 0 Å². The van der Waals surface area contributed by atoms with Crippen LogP contribution in [0.5, 0.6) is 0 Å². The zero-order valence-corrected chi connectivity index (χ0v) is 13.3. The van der Waals surface area contributed by atoms with Crippen LogP contribution in [0.1, 0.15) is 5.69 Å². The number of hydrogen-bond acceptors (Lipinski definition) is 5. The highest BCUT2D eigenvalue weighted by atomic mass is 79.9. The van der Waals surface area contributed by atoms with E-state index in [2.05, 4.69) is 25.8 Å². The van der Waals surface area contributed by atoms with Gasteiger partial charge in [0.25, 0.3) is 5.69 Å². The van der Waals surface area contributed by atoms with Crippen LogP contribution in [0.2, 0.25) is 0 Å². The number of aryl methyl sites for hydroxylation is 1. The van der Waals surface area contributed by atoms with Gasteiger partial charge in [-0.1, -0.05) is 15.9 Å².